The number of hydrogen-bond donors (Lipinski definition) is 2. The summed E-state index contributed by atoms with van der Waals surface area (Å²) < 4.78 is 0. The number of aromatic nitrogens is 3. The van der Waals surface area contributed by atoms with E-state index >= 15 is 0 Å². The molecule has 3 N–H and O–H groups in total. The van der Waals surface area contributed by atoms with Gasteiger partial charge in [-0.2, -0.15) is 0 Å². The molecule has 1 atom stereocenters. The van der Waals surface area contributed by atoms with E-state index in [2.05, 4.69) is 34.1 Å². The Kier molecular flexibility index (Phi) is 4.77. The van der Waals surface area contributed by atoms with E-state index in [-0.39, 0.29) is 6.04 Å². The van der Waals surface area contributed by atoms with E-state index in [9.17, 15) is 0 Å². The van der Waals surface area contributed by atoms with Gasteiger partial charge in [0.25, 0.3) is 0 Å². The lowest BCUT2D eigenvalue weighted by atomic mass is 10.2. The van der Waals surface area contributed by atoms with Crippen molar-refractivity contribution in [2.45, 2.75) is 53.5 Å². The van der Waals surface area contributed by atoms with Crippen LogP contribution in [0.3, 0.4) is 0 Å². The summed E-state index contributed by atoms with van der Waals surface area (Å²) in [5.74, 6) is 2.18. The van der Waals surface area contributed by atoms with Gasteiger partial charge in [0.2, 0.25) is 0 Å². The summed E-state index contributed by atoms with van der Waals surface area (Å²) in [6.45, 7) is 10.3. The number of nitrogens with two attached hydrogens (primary N) is 1. The van der Waals surface area contributed by atoms with Crippen molar-refractivity contribution in [1.82, 2.24) is 15.0 Å². The van der Waals surface area contributed by atoms with Crippen LogP contribution in [0, 0.1) is 20.8 Å². The average Bonchev–Trinajstić information content (AvgIpc) is 2.75. The largest absolute Gasteiger partial charge is 0.383 e. The van der Waals surface area contributed by atoms with E-state index in [1.54, 1.807) is 11.3 Å². The molecule has 6 heteroatoms. The summed E-state index contributed by atoms with van der Waals surface area (Å²) >= 11 is 1.72. The van der Waals surface area contributed by atoms with Gasteiger partial charge in [-0.05, 0) is 34.1 Å². The van der Waals surface area contributed by atoms with Crippen LogP contribution >= 0.6 is 11.3 Å². The fraction of sp³-hybridized carbons (Fsp3) is 0.533. The highest BCUT2D eigenvalue weighted by Gasteiger charge is 2.16. The first-order valence-electron chi connectivity index (χ1n) is 7.25. The van der Waals surface area contributed by atoms with Gasteiger partial charge in [0.1, 0.15) is 17.5 Å². The monoisotopic (exact) mass is 305 g/mol. The Balaban J connectivity index is 2.28. The van der Waals surface area contributed by atoms with Crippen molar-refractivity contribution in [2.24, 2.45) is 0 Å². The van der Waals surface area contributed by atoms with E-state index in [0.29, 0.717) is 5.82 Å². The summed E-state index contributed by atoms with van der Waals surface area (Å²) in [5.41, 5.74) is 7.98. The lowest BCUT2D eigenvalue weighted by Crippen LogP contribution is -2.12. The van der Waals surface area contributed by atoms with Crippen LogP contribution in [0.4, 0.5) is 11.6 Å². The number of thiazole rings is 1. The van der Waals surface area contributed by atoms with E-state index in [1.165, 1.54) is 4.88 Å². The quantitative estimate of drug-likeness (QED) is 0.883. The van der Waals surface area contributed by atoms with E-state index in [1.807, 2.05) is 20.8 Å². The molecule has 0 aliphatic heterocycles. The van der Waals surface area contributed by atoms with Crippen LogP contribution in [-0.2, 0) is 6.42 Å². The topological polar surface area (TPSA) is 76.7 Å². The van der Waals surface area contributed by atoms with Crippen LogP contribution < -0.4 is 11.1 Å². The highest BCUT2D eigenvalue weighted by molar-refractivity contribution is 7.11. The van der Waals surface area contributed by atoms with Gasteiger partial charge in [0, 0.05) is 16.9 Å². The molecule has 0 aromatic carbocycles. The number of nitrogens with one attached hydrogen (secondary N) is 1. The van der Waals surface area contributed by atoms with Crippen molar-refractivity contribution in [3.8, 4) is 0 Å². The molecule has 0 amide bonds. The van der Waals surface area contributed by atoms with Gasteiger partial charge in [-0.15, -0.1) is 11.3 Å². The van der Waals surface area contributed by atoms with Crippen molar-refractivity contribution >= 4 is 23.0 Å². The third-order valence-corrected chi connectivity index (χ3v) is 4.64. The third-order valence-electron chi connectivity index (χ3n) is 3.39. The summed E-state index contributed by atoms with van der Waals surface area (Å²) in [7, 11) is 0. The Hall–Kier alpha value is -1.69. The van der Waals surface area contributed by atoms with E-state index < -0.39 is 0 Å². The van der Waals surface area contributed by atoms with Crippen LogP contribution in [-0.4, -0.2) is 15.0 Å². The smallest absolute Gasteiger partial charge is 0.135 e. The summed E-state index contributed by atoms with van der Waals surface area (Å²) in [6.07, 6.45) is 1.84. The molecular formula is C15H23N5S. The summed E-state index contributed by atoms with van der Waals surface area (Å²) in [6, 6.07) is 0.152. The molecule has 114 valence electrons. The first-order valence-corrected chi connectivity index (χ1v) is 8.07. The first-order chi connectivity index (χ1) is 9.92. The van der Waals surface area contributed by atoms with Crippen molar-refractivity contribution in [3.05, 3.63) is 27.0 Å². The Bertz CT molecular complexity index is 635. The van der Waals surface area contributed by atoms with Gasteiger partial charge >= 0.3 is 0 Å². The first kappa shape index (κ1) is 15.7. The molecule has 2 rings (SSSR count). The number of anilines is 2. The minimum absolute atomic E-state index is 0.152. The van der Waals surface area contributed by atoms with Gasteiger partial charge in [-0.1, -0.05) is 6.92 Å². The molecule has 2 aromatic rings. The maximum atomic E-state index is 6.00. The second-order valence-corrected chi connectivity index (χ2v) is 6.53. The number of nitrogen functional groups attached to an aromatic ring is 1. The third kappa shape index (κ3) is 3.50. The lowest BCUT2D eigenvalue weighted by molar-refractivity contribution is 0.818. The molecule has 0 saturated heterocycles. The molecule has 0 fully saturated rings. The highest BCUT2D eigenvalue weighted by Crippen LogP contribution is 2.28. The minimum atomic E-state index is 0.152. The number of hydrogen-bond acceptors (Lipinski definition) is 6. The highest BCUT2D eigenvalue weighted by atomic mass is 32.1. The molecule has 2 heterocycles. The normalized spacial score (nSPS) is 12.4. The SMILES string of the molecule is CCCc1nc(N)c(C)c(NC(C)c2sc(C)nc2C)n1. The predicted molar refractivity (Wildman–Crippen MR) is 88.8 cm³/mol. The van der Waals surface area contributed by atoms with Gasteiger partial charge in [0.15, 0.2) is 0 Å². The standard InChI is InChI=1S/C15H23N5S/c1-6-7-12-19-14(16)8(2)15(20-12)18-10(4)13-9(3)17-11(5)21-13/h10H,6-7H2,1-5H3,(H3,16,18,19,20). The Morgan fingerprint density at radius 2 is 1.90 bits per heavy atom. The van der Waals surface area contributed by atoms with E-state index in [0.717, 1.165) is 40.7 Å². The number of aryl methyl sites for hydroxylation is 3. The molecule has 0 spiro atoms. The summed E-state index contributed by atoms with van der Waals surface area (Å²) in [4.78, 5) is 14.7. The second-order valence-electron chi connectivity index (χ2n) is 5.30. The molecule has 0 bridgehead atoms. The van der Waals surface area contributed by atoms with Gasteiger partial charge in [-0.25, -0.2) is 15.0 Å². The van der Waals surface area contributed by atoms with Crippen molar-refractivity contribution in [1.29, 1.82) is 0 Å². The zero-order valence-corrected chi connectivity index (χ0v) is 14.1. The maximum Gasteiger partial charge on any atom is 0.135 e. The second kappa shape index (κ2) is 6.39. The Morgan fingerprint density at radius 3 is 2.48 bits per heavy atom. The molecule has 0 radical (unpaired) electrons. The zero-order valence-electron chi connectivity index (χ0n) is 13.3. The van der Waals surface area contributed by atoms with Crippen LogP contribution in [0.1, 0.15) is 53.3 Å². The number of rotatable bonds is 5. The molecule has 0 saturated carbocycles. The van der Waals surface area contributed by atoms with Gasteiger partial charge in [-0.3, -0.25) is 0 Å². The Morgan fingerprint density at radius 1 is 1.19 bits per heavy atom. The van der Waals surface area contributed by atoms with Gasteiger partial charge in [0.05, 0.1) is 16.7 Å². The molecule has 5 nitrogen and oxygen atoms in total. The molecule has 0 aliphatic rings. The van der Waals surface area contributed by atoms with Gasteiger partial charge < -0.3 is 11.1 Å². The van der Waals surface area contributed by atoms with Crippen LogP contribution in [0.5, 0.6) is 0 Å². The van der Waals surface area contributed by atoms with Crippen molar-refractivity contribution < 1.29 is 0 Å². The molecule has 21 heavy (non-hydrogen) atoms. The maximum absolute atomic E-state index is 6.00. The fourth-order valence-electron chi connectivity index (χ4n) is 2.28. The Labute approximate surface area is 130 Å². The predicted octanol–water partition coefficient (Wildman–Crippen LogP) is 3.57. The minimum Gasteiger partial charge on any atom is -0.383 e. The van der Waals surface area contributed by atoms with Crippen molar-refractivity contribution in [3.63, 3.8) is 0 Å². The molecule has 1 unspecified atom stereocenters. The lowest BCUT2D eigenvalue weighted by Gasteiger charge is -2.17. The average molecular weight is 305 g/mol. The van der Waals surface area contributed by atoms with E-state index in [4.69, 9.17) is 5.73 Å². The molecule has 2 aromatic heterocycles. The van der Waals surface area contributed by atoms with Crippen LogP contribution in [0.25, 0.3) is 0 Å². The zero-order chi connectivity index (χ0) is 15.6. The summed E-state index contributed by atoms with van der Waals surface area (Å²) in [5, 5.41) is 4.54. The van der Waals surface area contributed by atoms with Crippen LogP contribution in [0.2, 0.25) is 0 Å². The van der Waals surface area contributed by atoms with Crippen molar-refractivity contribution in [2.75, 3.05) is 11.1 Å². The van der Waals surface area contributed by atoms with Crippen LogP contribution in [0.15, 0.2) is 0 Å². The molecule has 0 aliphatic carbocycles. The number of nitrogens with zero attached hydrogens (tertiary/aromatic N) is 3. The fourth-order valence-corrected chi connectivity index (χ4v) is 3.21. The molecular weight excluding hydrogens is 282 g/mol.